The predicted octanol–water partition coefficient (Wildman–Crippen LogP) is 3.62. The largest absolute Gasteiger partial charge is 0.289 e. The zero-order valence-corrected chi connectivity index (χ0v) is 12.8. The van der Waals surface area contributed by atoms with Gasteiger partial charge in [-0.05, 0) is 30.3 Å². The van der Waals surface area contributed by atoms with Crippen LogP contribution < -0.4 is 0 Å². The van der Waals surface area contributed by atoms with Crippen LogP contribution in [0.3, 0.4) is 0 Å². The van der Waals surface area contributed by atoms with Crippen LogP contribution in [0.2, 0.25) is 0 Å². The van der Waals surface area contributed by atoms with Gasteiger partial charge in [-0.15, -0.1) is 0 Å². The molecule has 0 aromatic heterocycles. The molecule has 0 saturated carbocycles. The molecule has 102 valence electrons. The molecule has 0 radical (unpaired) electrons. The van der Waals surface area contributed by atoms with E-state index in [4.69, 9.17) is 0 Å². The summed E-state index contributed by atoms with van der Waals surface area (Å²) in [5.41, 5.74) is 0.453. The highest BCUT2D eigenvalue weighted by Crippen LogP contribution is 2.16. The minimum atomic E-state index is -3.60. The van der Waals surface area contributed by atoms with Crippen LogP contribution in [0.25, 0.3) is 0 Å². The number of hydrogen-bond donors (Lipinski definition) is 0. The highest BCUT2D eigenvalue weighted by Gasteiger charge is 2.11. The van der Waals surface area contributed by atoms with Crippen LogP contribution >= 0.6 is 15.9 Å². The van der Waals surface area contributed by atoms with E-state index in [1.54, 1.807) is 42.5 Å². The van der Waals surface area contributed by atoms with Crippen LogP contribution in [0, 0.1) is 0 Å². The first-order valence-electron chi connectivity index (χ1n) is 5.77. The SMILES string of the molecule is O=C(/C=C/S(=O)(=O)c1ccc(Br)cc1)c1ccccc1. The highest BCUT2D eigenvalue weighted by atomic mass is 79.9. The summed E-state index contributed by atoms with van der Waals surface area (Å²) in [6.45, 7) is 0. The number of allylic oxidation sites excluding steroid dienone is 1. The second-order valence-corrected chi connectivity index (χ2v) is 6.78. The molecule has 0 aliphatic carbocycles. The van der Waals surface area contributed by atoms with Gasteiger partial charge >= 0.3 is 0 Å². The molecule has 2 aromatic rings. The minimum absolute atomic E-state index is 0.151. The van der Waals surface area contributed by atoms with E-state index >= 15 is 0 Å². The number of rotatable bonds is 4. The Labute approximate surface area is 126 Å². The van der Waals surface area contributed by atoms with E-state index in [9.17, 15) is 13.2 Å². The second kappa shape index (κ2) is 6.15. The Morgan fingerprint density at radius 1 is 0.950 bits per heavy atom. The molecule has 0 heterocycles. The average Bonchev–Trinajstić information content (AvgIpc) is 2.46. The minimum Gasteiger partial charge on any atom is -0.289 e. The molecule has 0 bridgehead atoms. The summed E-state index contributed by atoms with van der Waals surface area (Å²) in [5.74, 6) is -0.341. The van der Waals surface area contributed by atoms with Crippen molar-refractivity contribution in [2.24, 2.45) is 0 Å². The fraction of sp³-hybridized carbons (Fsp3) is 0. The van der Waals surface area contributed by atoms with Crippen LogP contribution in [0.1, 0.15) is 10.4 Å². The molecule has 2 aromatic carbocycles. The van der Waals surface area contributed by atoms with Gasteiger partial charge in [-0.25, -0.2) is 8.42 Å². The maximum absolute atomic E-state index is 12.0. The van der Waals surface area contributed by atoms with Gasteiger partial charge in [-0.1, -0.05) is 46.3 Å². The van der Waals surface area contributed by atoms with Gasteiger partial charge in [0.1, 0.15) is 0 Å². The highest BCUT2D eigenvalue weighted by molar-refractivity contribution is 9.10. The van der Waals surface area contributed by atoms with Crippen molar-refractivity contribution in [2.45, 2.75) is 4.90 Å². The Hall–Kier alpha value is -1.72. The Morgan fingerprint density at radius 2 is 1.55 bits per heavy atom. The molecule has 3 nitrogen and oxygen atoms in total. The Morgan fingerprint density at radius 3 is 2.15 bits per heavy atom. The molecule has 0 unspecified atom stereocenters. The van der Waals surface area contributed by atoms with Gasteiger partial charge in [0.15, 0.2) is 15.6 Å². The van der Waals surface area contributed by atoms with E-state index in [0.717, 1.165) is 16.0 Å². The van der Waals surface area contributed by atoms with Crippen LogP contribution in [0.5, 0.6) is 0 Å². The van der Waals surface area contributed by atoms with Crippen molar-refractivity contribution in [2.75, 3.05) is 0 Å². The first kappa shape index (κ1) is 14.7. The third kappa shape index (κ3) is 3.65. The van der Waals surface area contributed by atoms with Crippen molar-refractivity contribution in [3.63, 3.8) is 0 Å². The Bertz CT molecular complexity index is 732. The van der Waals surface area contributed by atoms with E-state index < -0.39 is 9.84 Å². The molecular weight excluding hydrogens is 340 g/mol. The Balaban J connectivity index is 2.22. The van der Waals surface area contributed by atoms with E-state index in [1.165, 1.54) is 12.1 Å². The van der Waals surface area contributed by atoms with Gasteiger partial charge in [0.25, 0.3) is 0 Å². The monoisotopic (exact) mass is 350 g/mol. The molecule has 0 aliphatic heterocycles. The van der Waals surface area contributed by atoms with E-state index in [1.807, 2.05) is 0 Å². The molecule has 0 amide bonds. The first-order chi connectivity index (χ1) is 9.49. The Kier molecular flexibility index (Phi) is 4.52. The van der Waals surface area contributed by atoms with E-state index in [0.29, 0.717) is 5.56 Å². The number of benzene rings is 2. The molecule has 0 fully saturated rings. The molecule has 0 atom stereocenters. The topological polar surface area (TPSA) is 51.2 Å². The zero-order valence-electron chi connectivity index (χ0n) is 10.4. The van der Waals surface area contributed by atoms with Crippen molar-refractivity contribution >= 4 is 31.6 Å². The molecule has 0 N–H and O–H groups in total. The van der Waals surface area contributed by atoms with Gasteiger partial charge in [0, 0.05) is 15.4 Å². The third-order valence-corrected chi connectivity index (χ3v) is 4.55. The molecular formula is C15H11BrO3S. The van der Waals surface area contributed by atoms with Gasteiger partial charge in [-0.2, -0.15) is 0 Å². The lowest BCUT2D eigenvalue weighted by Crippen LogP contribution is -1.99. The fourth-order valence-electron chi connectivity index (χ4n) is 1.55. The number of carbonyl (C=O) groups is 1. The van der Waals surface area contributed by atoms with Gasteiger partial charge < -0.3 is 0 Å². The van der Waals surface area contributed by atoms with Crippen LogP contribution in [0.4, 0.5) is 0 Å². The number of hydrogen-bond acceptors (Lipinski definition) is 3. The van der Waals surface area contributed by atoms with Gasteiger partial charge in [-0.3, -0.25) is 4.79 Å². The molecule has 0 saturated heterocycles. The summed E-state index contributed by atoms with van der Waals surface area (Å²) >= 11 is 3.24. The quantitative estimate of drug-likeness (QED) is 0.625. The van der Waals surface area contributed by atoms with Gasteiger partial charge in [0.05, 0.1) is 4.90 Å². The van der Waals surface area contributed by atoms with Crippen molar-refractivity contribution < 1.29 is 13.2 Å². The number of carbonyl (C=O) groups excluding carboxylic acids is 1. The second-order valence-electron chi connectivity index (χ2n) is 4.03. The van der Waals surface area contributed by atoms with Crippen molar-refractivity contribution in [1.82, 2.24) is 0 Å². The average molecular weight is 351 g/mol. The number of ketones is 1. The van der Waals surface area contributed by atoms with Crippen LogP contribution in [0.15, 0.2) is 75.4 Å². The summed E-state index contributed by atoms with van der Waals surface area (Å²) in [7, 11) is -3.60. The lowest BCUT2D eigenvalue weighted by atomic mass is 10.1. The number of sulfone groups is 1. The number of halogens is 1. The standard InChI is InChI=1S/C15H11BrO3S/c16-13-6-8-14(9-7-13)20(18,19)11-10-15(17)12-4-2-1-3-5-12/h1-11H/b11-10+. The smallest absolute Gasteiger partial charge is 0.199 e. The summed E-state index contributed by atoms with van der Waals surface area (Å²) in [6.07, 6.45) is 1.08. The molecule has 0 aliphatic rings. The zero-order chi connectivity index (χ0) is 14.6. The molecule has 2 rings (SSSR count). The summed E-state index contributed by atoms with van der Waals surface area (Å²) in [5, 5.41) is 0.936. The lowest BCUT2D eigenvalue weighted by molar-refractivity contribution is 0.104. The maximum atomic E-state index is 12.0. The molecule has 5 heteroatoms. The molecule has 0 spiro atoms. The van der Waals surface area contributed by atoms with E-state index in [2.05, 4.69) is 15.9 Å². The van der Waals surface area contributed by atoms with E-state index in [-0.39, 0.29) is 10.7 Å². The maximum Gasteiger partial charge on any atom is 0.199 e. The van der Waals surface area contributed by atoms with Crippen molar-refractivity contribution in [3.05, 3.63) is 76.1 Å². The van der Waals surface area contributed by atoms with Crippen molar-refractivity contribution in [1.29, 1.82) is 0 Å². The third-order valence-electron chi connectivity index (χ3n) is 2.60. The van der Waals surface area contributed by atoms with Crippen molar-refractivity contribution in [3.8, 4) is 0 Å². The predicted molar refractivity (Wildman–Crippen MR) is 81.2 cm³/mol. The summed E-state index contributed by atoms with van der Waals surface area (Å²) < 4.78 is 24.8. The van der Waals surface area contributed by atoms with Crippen LogP contribution in [-0.2, 0) is 9.84 Å². The van der Waals surface area contributed by atoms with Crippen LogP contribution in [-0.4, -0.2) is 14.2 Å². The summed E-state index contributed by atoms with van der Waals surface area (Å²) in [4.78, 5) is 12.0. The fourth-order valence-corrected chi connectivity index (χ4v) is 2.79. The molecule has 20 heavy (non-hydrogen) atoms. The normalized spacial score (nSPS) is 11.7. The summed E-state index contributed by atoms with van der Waals surface area (Å²) in [6, 6.07) is 14.8. The first-order valence-corrected chi connectivity index (χ1v) is 8.11. The van der Waals surface area contributed by atoms with Gasteiger partial charge in [0.2, 0.25) is 0 Å². The lowest BCUT2D eigenvalue weighted by Gasteiger charge is -1.99.